The van der Waals surface area contributed by atoms with Gasteiger partial charge in [-0.25, -0.2) is 0 Å². The lowest BCUT2D eigenvalue weighted by molar-refractivity contribution is -0.185. The van der Waals surface area contributed by atoms with Gasteiger partial charge < -0.3 is 5.32 Å². The summed E-state index contributed by atoms with van der Waals surface area (Å²) in [5.41, 5.74) is -0.725. The van der Waals surface area contributed by atoms with Crippen LogP contribution in [0.3, 0.4) is 0 Å². The summed E-state index contributed by atoms with van der Waals surface area (Å²) in [6.45, 7) is 0. The van der Waals surface area contributed by atoms with Crippen LogP contribution in [0.15, 0.2) is 0 Å². The predicted molar refractivity (Wildman–Crippen MR) is 64.8 cm³/mol. The molecule has 20 heavy (non-hydrogen) atoms. The van der Waals surface area contributed by atoms with Crippen LogP contribution in [0.2, 0.25) is 0 Å². The third-order valence-corrected chi connectivity index (χ3v) is 5.30. The van der Waals surface area contributed by atoms with Crippen molar-refractivity contribution >= 4 is 17.5 Å². The molecule has 7 heteroatoms. The van der Waals surface area contributed by atoms with E-state index in [0.717, 1.165) is 19.3 Å². The van der Waals surface area contributed by atoms with Crippen molar-refractivity contribution in [2.24, 2.45) is 17.8 Å². The summed E-state index contributed by atoms with van der Waals surface area (Å²) < 4.78 is 52.0. The number of carbonyl (C=O) groups is 1. The highest BCUT2D eigenvalue weighted by molar-refractivity contribution is 6.24. The molecule has 2 nitrogen and oxygen atoms in total. The minimum Gasteiger partial charge on any atom is -0.345 e. The largest absolute Gasteiger partial charge is 0.400 e. The third kappa shape index (κ3) is 2.20. The van der Waals surface area contributed by atoms with Crippen LogP contribution in [0.4, 0.5) is 17.6 Å². The molecule has 4 rings (SSSR count). The Morgan fingerprint density at radius 2 is 1.40 bits per heavy atom. The van der Waals surface area contributed by atoms with E-state index in [1.165, 1.54) is 0 Å². The Balaban J connectivity index is 1.76. The molecule has 0 spiro atoms. The van der Waals surface area contributed by atoms with Crippen LogP contribution in [0.1, 0.15) is 38.5 Å². The fourth-order valence-corrected chi connectivity index (χ4v) is 4.80. The molecule has 0 heterocycles. The Labute approximate surface area is 119 Å². The van der Waals surface area contributed by atoms with Gasteiger partial charge in [0.25, 0.3) is 5.91 Å². The van der Waals surface area contributed by atoms with Crippen LogP contribution < -0.4 is 5.32 Å². The minimum absolute atomic E-state index is 0.423. The van der Waals surface area contributed by atoms with Gasteiger partial charge in [-0.2, -0.15) is 17.6 Å². The maximum atomic E-state index is 13.3. The Morgan fingerprint density at radius 3 is 1.75 bits per heavy atom. The van der Waals surface area contributed by atoms with E-state index in [1.54, 1.807) is 0 Å². The van der Waals surface area contributed by atoms with E-state index in [0.29, 0.717) is 37.0 Å². The van der Waals surface area contributed by atoms with E-state index in [1.807, 2.05) is 0 Å². The molecule has 4 bridgehead atoms. The number of hydrogen-bond donors (Lipinski definition) is 1. The second-order valence-electron chi connectivity index (χ2n) is 6.72. The quantitative estimate of drug-likeness (QED) is 0.626. The van der Waals surface area contributed by atoms with Crippen molar-refractivity contribution in [3.05, 3.63) is 0 Å². The third-order valence-electron chi connectivity index (χ3n) is 5.06. The predicted octanol–water partition coefficient (Wildman–Crippen LogP) is 3.54. The second-order valence-corrected chi connectivity index (χ2v) is 7.20. The molecule has 0 unspecified atom stereocenters. The highest BCUT2D eigenvalue weighted by Gasteiger charge is 2.63. The Morgan fingerprint density at radius 1 is 1.00 bits per heavy atom. The first-order valence-electron chi connectivity index (χ1n) is 6.88. The SMILES string of the molecule is O=C(NC12CC3CC(CC(C3)C1)C2)C(F)(F)C(F)(F)Cl. The van der Waals surface area contributed by atoms with Crippen molar-refractivity contribution in [1.29, 1.82) is 0 Å². The van der Waals surface area contributed by atoms with Crippen LogP contribution in [-0.2, 0) is 4.79 Å². The van der Waals surface area contributed by atoms with Crippen molar-refractivity contribution < 1.29 is 22.4 Å². The maximum absolute atomic E-state index is 13.3. The molecule has 0 aromatic carbocycles. The van der Waals surface area contributed by atoms with Crippen molar-refractivity contribution in [2.75, 3.05) is 0 Å². The van der Waals surface area contributed by atoms with Gasteiger partial charge in [0.2, 0.25) is 0 Å². The minimum atomic E-state index is -4.88. The smallest absolute Gasteiger partial charge is 0.345 e. The van der Waals surface area contributed by atoms with Gasteiger partial charge in [-0.15, -0.1) is 0 Å². The van der Waals surface area contributed by atoms with Crippen LogP contribution in [-0.4, -0.2) is 22.8 Å². The van der Waals surface area contributed by atoms with E-state index < -0.39 is 22.8 Å². The first-order valence-corrected chi connectivity index (χ1v) is 7.26. The molecule has 4 saturated carbocycles. The van der Waals surface area contributed by atoms with Gasteiger partial charge in [0.1, 0.15) is 0 Å². The molecule has 1 N–H and O–H groups in total. The number of hydrogen-bond acceptors (Lipinski definition) is 1. The van der Waals surface area contributed by atoms with Crippen molar-refractivity contribution in [2.45, 2.75) is 55.4 Å². The molecule has 0 atom stereocenters. The standard InChI is InChI=1S/C13H16ClF4NO/c14-13(17,18)12(15,16)10(20)19-11-4-7-1-8(5-11)3-9(2-7)6-11/h7-9H,1-6H2,(H,19,20). The van der Waals surface area contributed by atoms with Crippen LogP contribution in [0, 0.1) is 17.8 Å². The van der Waals surface area contributed by atoms with Gasteiger partial charge >= 0.3 is 11.3 Å². The summed E-state index contributed by atoms with van der Waals surface area (Å²) in [5, 5.41) is -2.64. The van der Waals surface area contributed by atoms with E-state index in [4.69, 9.17) is 0 Å². The van der Waals surface area contributed by atoms with Crippen molar-refractivity contribution in [1.82, 2.24) is 5.32 Å². The molecule has 4 fully saturated rings. The average molecular weight is 314 g/mol. The molecule has 0 aromatic rings. The molecule has 4 aliphatic carbocycles. The normalized spacial score (nSPS) is 40.0. The van der Waals surface area contributed by atoms with Crippen LogP contribution in [0.25, 0.3) is 0 Å². The van der Waals surface area contributed by atoms with Crippen molar-refractivity contribution in [3.8, 4) is 0 Å². The van der Waals surface area contributed by atoms with Gasteiger partial charge in [-0.3, -0.25) is 4.79 Å². The van der Waals surface area contributed by atoms with E-state index >= 15 is 0 Å². The summed E-state index contributed by atoms with van der Waals surface area (Å²) in [6.07, 6.45) is 5.06. The van der Waals surface area contributed by atoms with Gasteiger partial charge in [0, 0.05) is 5.54 Å². The second kappa shape index (κ2) is 4.24. The topological polar surface area (TPSA) is 29.1 Å². The Kier molecular flexibility index (Phi) is 3.06. The zero-order valence-corrected chi connectivity index (χ0v) is 11.5. The lowest BCUT2D eigenvalue weighted by Gasteiger charge is -2.57. The average Bonchev–Trinajstić information content (AvgIpc) is 2.24. The summed E-state index contributed by atoms with van der Waals surface area (Å²) in [6, 6.07) is 0. The first-order chi connectivity index (χ1) is 9.11. The molecule has 1 amide bonds. The molecule has 0 aliphatic heterocycles. The van der Waals surface area contributed by atoms with Gasteiger partial charge in [0.05, 0.1) is 0 Å². The number of halogens is 5. The van der Waals surface area contributed by atoms with Gasteiger partial charge in [0.15, 0.2) is 0 Å². The number of nitrogens with one attached hydrogen (secondary N) is 1. The van der Waals surface area contributed by atoms with E-state index in [-0.39, 0.29) is 0 Å². The zero-order valence-electron chi connectivity index (χ0n) is 10.8. The Hall–Kier alpha value is -0.520. The molecular formula is C13H16ClF4NO. The van der Waals surface area contributed by atoms with Crippen molar-refractivity contribution in [3.63, 3.8) is 0 Å². The fourth-order valence-electron chi connectivity index (χ4n) is 4.71. The molecule has 0 saturated heterocycles. The van der Waals surface area contributed by atoms with Crippen LogP contribution >= 0.6 is 11.6 Å². The van der Waals surface area contributed by atoms with Crippen LogP contribution in [0.5, 0.6) is 0 Å². The fraction of sp³-hybridized carbons (Fsp3) is 0.923. The monoisotopic (exact) mass is 313 g/mol. The highest BCUT2D eigenvalue weighted by Crippen LogP contribution is 2.56. The van der Waals surface area contributed by atoms with Gasteiger partial charge in [-0.05, 0) is 67.9 Å². The number of alkyl halides is 5. The maximum Gasteiger partial charge on any atom is 0.400 e. The zero-order chi connectivity index (χ0) is 14.8. The summed E-state index contributed by atoms with van der Waals surface area (Å²) in [4.78, 5) is 11.6. The number of rotatable bonds is 3. The molecule has 114 valence electrons. The molecule has 0 radical (unpaired) electrons. The molecule has 4 aliphatic rings. The van der Waals surface area contributed by atoms with E-state index in [9.17, 15) is 22.4 Å². The van der Waals surface area contributed by atoms with Gasteiger partial charge in [-0.1, -0.05) is 0 Å². The summed E-state index contributed by atoms with van der Waals surface area (Å²) in [5.74, 6) is -5.55. The number of carbonyl (C=O) groups excluding carboxylic acids is 1. The highest BCUT2D eigenvalue weighted by atomic mass is 35.5. The first kappa shape index (κ1) is 14.4. The Bertz CT molecular complexity index is 399. The lowest BCUT2D eigenvalue weighted by Crippen LogP contribution is -2.63. The molecule has 0 aromatic heterocycles. The molecular weight excluding hydrogens is 298 g/mol. The summed E-state index contributed by atoms with van der Waals surface area (Å²) >= 11 is 4.36. The summed E-state index contributed by atoms with van der Waals surface area (Å²) in [7, 11) is 0. The lowest BCUT2D eigenvalue weighted by atomic mass is 9.53. The number of amides is 1. The van der Waals surface area contributed by atoms with E-state index in [2.05, 4.69) is 16.9 Å².